The van der Waals surface area contributed by atoms with Gasteiger partial charge in [-0.15, -0.1) is 0 Å². The second-order valence-electron chi connectivity index (χ2n) is 6.50. The fourth-order valence-corrected chi connectivity index (χ4v) is 2.73. The highest BCUT2D eigenvalue weighted by Crippen LogP contribution is 2.18. The van der Waals surface area contributed by atoms with Crippen LogP contribution in [0.5, 0.6) is 0 Å². The van der Waals surface area contributed by atoms with Crippen molar-refractivity contribution in [3.63, 3.8) is 0 Å². The first-order valence-electron chi connectivity index (χ1n) is 8.53. The Bertz CT molecular complexity index is 518. The van der Waals surface area contributed by atoms with E-state index in [-0.39, 0.29) is 25.0 Å². The van der Waals surface area contributed by atoms with Gasteiger partial charge in [0.1, 0.15) is 0 Å². The molecule has 0 aliphatic rings. The summed E-state index contributed by atoms with van der Waals surface area (Å²) in [6.07, 6.45) is 3.27. The number of rotatable bonds is 8. The van der Waals surface area contributed by atoms with Crippen molar-refractivity contribution in [1.29, 1.82) is 0 Å². The summed E-state index contributed by atoms with van der Waals surface area (Å²) in [6.45, 7) is 4.47. The van der Waals surface area contributed by atoms with E-state index >= 15 is 0 Å². The average molecular weight is 312 g/mol. The lowest BCUT2D eigenvalue weighted by Gasteiger charge is -2.10. The number of hydrogen-bond acceptors (Lipinski definition) is 2. The van der Waals surface area contributed by atoms with Crippen LogP contribution in [0.15, 0.2) is 48.5 Å². The highest BCUT2D eigenvalue weighted by Gasteiger charge is 2.05. The molecule has 2 nitrogen and oxygen atoms in total. The highest BCUT2D eigenvalue weighted by atomic mass is 16.3. The lowest BCUT2D eigenvalue weighted by Crippen LogP contribution is -1.99. The molecule has 2 atom stereocenters. The van der Waals surface area contributed by atoms with E-state index in [9.17, 15) is 10.2 Å². The van der Waals surface area contributed by atoms with Gasteiger partial charge in [0.25, 0.3) is 0 Å². The maximum Gasteiger partial charge on any atom is 0.0497 e. The van der Waals surface area contributed by atoms with Crippen LogP contribution in [0.4, 0.5) is 0 Å². The highest BCUT2D eigenvalue weighted by molar-refractivity contribution is 5.27. The van der Waals surface area contributed by atoms with Gasteiger partial charge >= 0.3 is 0 Å². The van der Waals surface area contributed by atoms with Crippen LogP contribution < -0.4 is 0 Å². The molecule has 2 N–H and O–H groups in total. The maximum atomic E-state index is 9.18. The monoisotopic (exact) mass is 312 g/mol. The van der Waals surface area contributed by atoms with Crippen LogP contribution in [0.1, 0.15) is 54.4 Å². The molecule has 0 fully saturated rings. The Morgan fingerprint density at radius 3 is 1.30 bits per heavy atom. The third-order valence-corrected chi connectivity index (χ3v) is 4.58. The largest absolute Gasteiger partial charge is 0.396 e. The van der Waals surface area contributed by atoms with Gasteiger partial charge in [-0.1, -0.05) is 62.4 Å². The van der Waals surface area contributed by atoms with Crippen molar-refractivity contribution in [1.82, 2.24) is 0 Å². The predicted molar refractivity (Wildman–Crippen MR) is 95.9 cm³/mol. The van der Waals surface area contributed by atoms with E-state index < -0.39 is 0 Å². The Morgan fingerprint density at radius 2 is 1.00 bits per heavy atom. The summed E-state index contributed by atoms with van der Waals surface area (Å²) in [5.74, 6) is 0.424. The minimum atomic E-state index is 0.199. The smallest absolute Gasteiger partial charge is 0.0497 e. The predicted octanol–water partition coefficient (Wildman–Crippen LogP) is 4.05. The molecule has 2 unspecified atom stereocenters. The molecule has 0 aromatic heterocycles. The molecule has 2 heteroatoms. The first-order valence-corrected chi connectivity index (χ1v) is 8.53. The summed E-state index contributed by atoms with van der Waals surface area (Å²) < 4.78 is 0. The molecular formula is C21H28O2. The molecule has 0 bridgehead atoms. The zero-order chi connectivity index (χ0) is 16.7. The van der Waals surface area contributed by atoms with Crippen LogP contribution in [0.3, 0.4) is 0 Å². The zero-order valence-electron chi connectivity index (χ0n) is 14.2. The summed E-state index contributed by atoms with van der Waals surface area (Å²) in [4.78, 5) is 0. The summed E-state index contributed by atoms with van der Waals surface area (Å²) in [5, 5.41) is 18.4. The van der Waals surface area contributed by atoms with Gasteiger partial charge in [0.2, 0.25) is 0 Å². The first kappa shape index (κ1) is 17.7. The normalized spacial score (nSPS) is 13.7. The van der Waals surface area contributed by atoms with Crippen molar-refractivity contribution in [3.8, 4) is 0 Å². The van der Waals surface area contributed by atoms with E-state index in [1.807, 2.05) is 13.8 Å². The lowest BCUT2D eigenvalue weighted by molar-refractivity contribution is 0.273. The molecular weight excluding hydrogens is 284 g/mol. The molecule has 0 saturated heterocycles. The van der Waals surface area contributed by atoms with Crippen LogP contribution in [-0.2, 0) is 12.8 Å². The van der Waals surface area contributed by atoms with E-state index in [1.54, 1.807) is 0 Å². The van der Waals surface area contributed by atoms with E-state index in [0.717, 1.165) is 19.3 Å². The molecule has 0 saturated carbocycles. The number of aliphatic hydroxyl groups excluding tert-OH is 2. The Balaban J connectivity index is 1.82. The van der Waals surface area contributed by atoms with Gasteiger partial charge in [0.15, 0.2) is 0 Å². The van der Waals surface area contributed by atoms with Gasteiger partial charge in [0, 0.05) is 25.0 Å². The van der Waals surface area contributed by atoms with Crippen molar-refractivity contribution in [2.75, 3.05) is 13.2 Å². The summed E-state index contributed by atoms with van der Waals surface area (Å²) in [6, 6.07) is 17.2. The molecule has 23 heavy (non-hydrogen) atoms. The van der Waals surface area contributed by atoms with E-state index in [1.165, 1.54) is 22.3 Å². The van der Waals surface area contributed by atoms with Gasteiger partial charge in [-0.05, 0) is 41.5 Å². The first-order chi connectivity index (χ1) is 11.1. The molecule has 0 aliphatic carbocycles. The molecule has 2 aromatic rings. The third-order valence-electron chi connectivity index (χ3n) is 4.58. The van der Waals surface area contributed by atoms with E-state index in [4.69, 9.17) is 0 Å². The van der Waals surface area contributed by atoms with Crippen molar-refractivity contribution in [2.45, 2.75) is 44.9 Å². The molecule has 124 valence electrons. The molecule has 2 aromatic carbocycles. The summed E-state index contributed by atoms with van der Waals surface area (Å²) in [5.41, 5.74) is 5.10. The second kappa shape index (κ2) is 8.85. The minimum Gasteiger partial charge on any atom is -0.396 e. The number of aliphatic hydroxyl groups is 2. The van der Waals surface area contributed by atoms with Gasteiger partial charge in [-0.25, -0.2) is 0 Å². The maximum absolute atomic E-state index is 9.18. The van der Waals surface area contributed by atoms with Crippen LogP contribution in [0.25, 0.3) is 0 Å². The molecule has 0 spiro atoms. The summed E-state index contributed by atoms with van der Waals surface area (Å²) in [7, 11) is 0. The van der Waals surface area contributed by atoms with E-state index in [0.29, 0.717) is 0 Å². The molecule has 0 amide bonds. The number of hydrogen-bond donors (Lipinski definition) is 2. The van der Waals surface area contributed by atoms with Crippen molar-refractivity contribution >= 4 is 0 Å². The molecule has 2 rings (SSSR count). The number of aryl methyl sites for hydroxylation is 2. The lowest BCUT2D eigenvalue weighted by atomic mass is 9.97. The topological polar surface area (TPSA) is 40.5 Å². The van der Waals surface area contributed by atoms with Gasteiger partial charge in [-0.2, -0.15) is 0 Å². The quantitative estimate of drug-likeness (QED) is 0.772. The Labute approximate surface area is 139 Å². The van der Waals surface area contributed by atoms with Crippen LogP contribution in [0.2, 0.25) is 0 Å². The van der Waals surface area contributed by atoms with Gasteiger partial charge in [-0.3, -0.25) is 0 Å². The van der Waals surface area contributed by atoms with Crippen LogP contribution in [0, 0.1) is 0 Å². The Morgan fingerprint density at radius 1 is 0.652 bits per heavy atom. The van der Waals surface area contributed by atoms with Crippen LogP contribution in [-0.4, -0.2) is 23.4 Å². The Kier molecular flexibility index (Phi) is 6.82. The summed E-state index contributed by atoms with van der Waals surface area (Å²) >= 11 is 0. The second-order valence-corrected chi connectivity index (χ2v) is 6.50. The standard InChI is InChI=1S/C21H28O2/c1-16(14-22)20-10-6-18(7-11-20)4-3-5-19-8-12-21(13-9-19)17(2)15-23/h6-13,16-17,22-23H,3-5,14-15H2,1-2H3. The fourth-order valence-electron chi connectivity index (χ4n) is 2.73. The average Bonchev–Trinajstić information content (AvgIpc) is 2.61. The minimum absolute atomic E-state index is 0.199. The molecule has 0 radical (unpaired) electrons. The van der Waals surface area contributed by atoms with E-state index in [2.05, 4.69) is 48.5 Å². The number of benzene rings is 2. The molecule has 0 heterocycles. The third kappa shape index (κ3) is 5.19. The van der Waals surface area contributed by atoms with Crippen molar-refractivity contribution < 1.29 is 10.2 Å². The zero-order valence-corrected chi connectivity index (χ0v) is 14.2. The van der Waals surface area contributed by atoms with Crippen molar-refractivity contribution in [2.24, 2.45) is 0 Å². The van der Waals surface area contributed by atoms with Gasteiger partial charge < -0.3 is 10.2 Å². The van der Waals surface area contributed by atoms with Gasteiger partial charge in [0.05, 0.1) is 0 Å². The Hall–Kier alpha value is -1.64. The SMILES string of the molecule is CC(CO)c1ccc(CCCc2ccc(C(C)CO)cc2)cc1. The van der Waals surface area contributed by atoms with Crippen LogP contribution >= 0.6 is 0 Å². The molecule has 0 aliphatic heterocycles. The van der Waals surface area contributed by atoms with Crippen molar-refractivity contribution in [3.05, 3.63) is 70.8 Å². The fraction of sp³-hybridized carbons (Fsp3) is 0.429.